The van der Waals surface area contributed by atoms with Crippen molar-refractivity contribution in [2.75, 3.05) is 13.7 Å². The van der Waals surface area contributed by atoms with Gasteiger partial charge in [0.25, 0.3) is 0 Å². The summed E-state index contributed by atoms with van der Waals surface area (Å²) in [4.78, 5) is 37.2. The first-order valence-corrected chi connectivity index (χ1v) is 8.13. The topological polar surface area (TPSA) is 72.9 Å². The maximum absolute atomic E-state index is 12.5. The summed E-state index contributed by atoms with van der Waals surface area (Å²) in [5.41, 5.74) is 1.67. The van der Waals surface area contributed by atoms with E-state index in [1.165, 1.54) is 12.0 Å². The monoisotopic (exact) mass is 345 g/mol. The summed E-state index contributed by atoms with van der Waals surface area (Å²) in [5, 5.41) is 0. The highest BCUT2D eigenvalue weighted by atomic mass is 16.6. The fourth-order valence-electron chi connectivity index (χ4n) is 3.25. The van der Waals surface area contributed by atoms with E-state index in [1.807, 2.05) is 37.3 Å². The molecule has 0 bridgehead atoms. The molecule has 1 fully saturated rings. The summed E-state index contributed by atoms with van der Waals surface area (Å²) in [6.45, 7) is 6.15. The molecular weight excluding hydrogens is 322 g/mol. The van der Waals surface area contributed by atoms with Crippen LogP contribution in [0.1, 0.15) is 18.9 Å². The van der Waals surface area contributed by atoms with Gasteiger partial charge in [-0.1, -0.05) is 42.5 Å². The highest BCUT2D eigenvalue weighted by Gasteiger charge is 2.49. The Balaban J connectivity index is 2.17. The number of esters is 1. The summed E-state index contributed by atoms with van der Waals surface area (Å²) in [5.74, 6) is -1.06. The first kappa shape index (κ1) is 18.7. The predicted octanol–water partition coefficient (Wildman–Crippen LogP) is 2.58. The van der Waals surface area contributed by atoms with Crippen LogP contribution in [0.15, 0.2) is 42.5 Å². The van der Waals surface area contributed by atoms with Gasteiger partial charge in [0, 0.05) is 24.8 Å². The highest BCUT2D eigenvalue weighted by Crippen LogP contribution is 2.37. The van der Waals surface area contributed by atoms with Crippen LogP contribution in [0.25, 0.3) is 0 Å². The van der Waals surface area contributed by atoms with E-state index in [9.17, 15) is 14.4 Å². The molecule has 0 aliphatic carbocycles. The molecule has 1 aliphatic rings. The molecule has 1 aliphatic heterocycles. The number of methoxy groups -OCH3 is 1. The standard InChI is InChI=1S/C19H23NO5/c1-13(2)16-11-20(17(18(22)24-3)15(16)9-10-21)19(23)25-12-14-7-5-4-6-8-14/h4-8,10,15-17H,1,9,11-12H2,2-3H3/t15-,16+,17+/m0/s1. The van der Waals surface area contributed by atoms with E-state index in [0.717, 1.165) is 17.4 Å². The Morgan fingerprint density at radius 2 is 2.00 bits per heavy atom. The van der Waals surface area contributed by atoms with Gasteiger partial charge in [-0.2, -0.15) is 0 Å². The third-order valence-electron chi connectivity index (χ3n) is 4.54. The van der Waals surface area contributed by atoms with Crippen LogP contribution in [0.4, 0.5) is 4.79 Å². The molecule has 1 amide bonds. The molecule has 1 aromatic carbocycles. The molecule has 3 atom stereocenters. The maximum atomic E-state index is 12.5. The van der Waals surface area contributed by atoms with E-state index in [0.29, 0.717) is 0 Å². The molecule has 6 heteroatoms. The van der Waals surface area contributed by atoms with Gasteiger partial charge in [0.2, 0.25) is 0 Å². The summed E-state index contributed by atoms with van der Waals surface area (Å²) in [6, 6.07) is 8.43. The molecule has 0 radical (unpaired) electrons. The SMILES string of the molecule is C=C(C)[C@H]1CN(C(=O)OCc2ccccc2)[C@@H](C(=O)OC)[C@H]1CC=O. The van der Waals surface area contributed by atoms with Crippen LogP contribution in [0.5, 0.6) is 0 Å². The quantitative estimate of drug-likeness (QED) is 0.450. The van der Waals surface area contributed by atoms with Gasteiger partial charge in [0.05, 0.1) is 7.11 Å². The molecule has 6 nitrogen and oxygen atoms in total. The van der Waals surface area contributed by atoms with Gasteiger partial charge < -0.3 is 14.3 Å². The highest BCUT2D eigenvalue weighted by molar-refractivity contribution is 5.83. The van der Waals surface area contributed by atoms with Gasteiger partial charge in [-0.25, -0.2) is 9.59 Å². The van der Waals surface area contributed by atoms with E-state index in [2.05, 4.69) is 6.58 Å². The van der Waals surface area contributed by atoms with Crippen LogP contribution in [0.3, 0.4) is 0 Å². The molecule has 0 N–H and O–H groups in total. The Morgan fingerprint density at radius 1 is 1.32 bits per heavy atom. The van der Waals surface area contributed by atoms with Crippen LogP contribution < -0.4 is 0 Å². The molecule has 0 aromatic heterocycles. The predicted molar refractivity (Wildman–Crippen MR) is 91.6 cm³/mol. The second kappa shape index (κ2) is 8.46. The van der Waals surface area contributed by atoms with Gasteiger partial charge in [-0.3, -0.25) is 4.90 Å². The zero-order valence-corrected chi connectivity index (χ0v) is 14.5. The molecule has 2 rings (SSSR count). The Bertz CT molecular complexity index is 642. The van der Waals surface area contributed by atoms with Crippen molar-refractivity contribution in [3.63, 3.8) is 0 Å². The van der Waals surface area contributed by atoms with Gasteiger partial charge >= 0.3 is 12.1 Å². The molecule has 1 aromatic rings. The normalized spacial score (nSPS) is 22.3. The Kier molecular flexibility index (Phi) is 6.33. The minimum atomic E-state index is -0.847. The number of amides is 1. The molecule has 1 saturated heterocycles. The third-order valence-corrected chi connectivity index (χ3v) is 4.54. The second-order valence-electron chi connectivity index (χ2n) is 6.18. The number of likely N-dealkylation sites (tertiary alicyclic amines) is 1. The average molecular weight is 345 g/mol. The average Bonchev–Trinajstić information content (AvgIpc) is 3.00. The number of aldehydes is 1. The van der Waals surface area contributed by atoms with Crippen LogP contribution in [-0.2, 0) is 25.7 Å². The van der Waals surface area contributed by atoms with E-state index >= 15 is 0 Å². The van der Waals surface area contributed by atoms with Gasteiger partial charge in [-0.15, -0.1) is 0 Å². The summed E-state index contributed by atoms with van der Waals surface area (Å²) in [7, 11) is 1.27. The van der Waals surface area contributed by atoms with Crippen molar-refractivity contribution in [3.05, 3.63) is 48.0 Å². The minimum absolute atomic E-state index is 0.111. The van der Waals surface area contributed by atoms with Gasteiger partial charge in [0.15, 0.2) is 0 Å². The fourth-order valence-corrected chi connectivity index (χ4v) is 3.25. The van der Waals surface area contributed by atoms with Crippen molar-refractivity contribution in [1.29, 1.82) is 0 Å². The Labute approximate surface area is 147 Å². The third kappa shape index (κ3) is 4.26. The molecule has 0 unspecified atom stereocenters. The molecular formula is C19H23NO5. The first-order valence-electron chi connectivity index (χ1n) is 8.13. The number of hydrogen-bond acceptors (Lipinski definition) is 5. The van der Waals surface area contributed by atoms with Crippen molar-refractivity contribution in [3.8, 4) is 0 Å². The first-order chi connectivity index (χ1) is 12.0. The zero-order valence-electron chi connectivity index (χ0n) is 14.5. The maximum Gasteiger partial charge on any atom is 0.410 e. The van der Waals surface area contributed by atoms with Crippen LogP contribution in [-0.4, -0.2) is 42.9 Å². The van der Waals surface area contributed by atoms with Crippen LogP contribution >= 0.6 is 0 Å². The van der Waals surface area contributed by atoms with Crippen LogP contribution in [0, 0.1) is 11.8 Å². The van der Waals surface area contributed by atoms with E-state index in [1.54, 1.807) is 0 Å². The molecule has 134 valence electrons. The number of carbonyl (C=O) groups is 3. The lowest BCUT2D eigenvalue weighted by Gasteiger charge is -2.25. The largest absolute Gasteiger partial charge is 0.467 e. The Morgan fingerprint density at radius 3 is 2.56 bits per heavy atom. The fraction of sp³-hybridized carbons (Fsp3) is 0.421. The molecule has 0 spiro atoms. The zero-order chi connectivity index (χ0) is 18.4. The lowest BCUT2D eigenvalue weighted by molar-refractivity contribution is -0.146. The number of benzene rings is 1. The number of carbonyl (C=O) groups excluding carboxylic acids is 3. The molecule has 1 heterocycles. The number of hydrogen-bond donors (Lipinski definition) is 0. The van der Waals surface area contributed by atoms with E-state index in [4.69, 9.17) is 9.47 Å². The van der Waals surface area contributed by atoms with Gasteiger partial charge in [-0.05, 0) is 12.5 Å². The second-order valence-corrected chi connectivity index (χ2v) is 6.18. The van der Waals surface area contributed by atoms with Crippen molar-refractivity contribution in [2.45, 2.75) is 26.0 Å². The van der Waals surface area contributed by atoms with Crippen molar-refractivity contribution >= 4 is 18.3 Å². The lowest BCUT2D eigenvalue weighted by atomic mass is 9.84. The lowest BCUT2D eigenvalue weighted by Crippen LogP contribution is -2.44. The molecule has 25 heavy (non-hydrogen) atoms. The van der Waals surface area contributed by atoms with E-state index < -0.39 is 18.1 Å². The van der Waals surface area contributed by atoms with Crippen molar-refractivity contribution in [2.24, 2.45) is 11.8 Å². The van der Waals surface area contributed by atoms with Crippen molar-refractivity contribution < 1.29 is 23.9 Å². The number of ether oxygens (including phenoxy) is 2. The van der Waals surface area contributed by atoms with Crippen LogP contribution in [0.2, 0.25) is 0 Å². The number of nitrogens with zero attached hydrogens (tertiary/aromatic N) is 1. The minimum Gasteiger partial charge on any atom is -0.467 e. The number of rotatable bonds is 6. The summed E-state index contributed by atoms with van der Waals surface area (Å²) >= 11 is 0. The smallest absolute Gasteiger partial charge is 0.410 e. The molecule has 0 saturated carbocycles. The van der Waals surface area contributed by atoms with Gasteiger partial charge in [0.1, 0.15) is 18.9 Å². The summed E-state index contributed by atoms with van der Waals surface area (Å²) < 4.78 is 10.2. The van der Waals surface area contributed by atoms with E-state index in [-0.39, 0.29) is 31.4 Å². The summed E-state index contributed by atoms with van der Waals surface area (Å²) in [6.07, 6.45) is 0.314. The van der Waals surface area contributed by atoms with Crippen molar-refractivity contribution in [1.82, 2.24) is 4.90 Å². The Hall–Kier alpha value is -2.63.